The normalized spacial score (nSPS) is 9.80. The minimum Gasteiger partial charge on any atom is -0.383 e. The maximum absolute atomic E-state index is 5.55. The molecule has 0 aliphatic rings. The summed E-state index contributed by atoms with van der Waals surface area (Å²) in [5.74, 6) is 1.40. The van der Waals surface area contributed by atoms with Gasteiger partial charge in [0.25, 0.3) is 0 Å². The fourth-order valence-electron chi connectivity index (χ4n) is 0.664. The van der Waals surface area contributed by atoms with Gasteiger partial charge in [0.2, 0.25) is 0 Å². The first-order valence-electron chi connectivity index (χ1n) is 3.32. The monoisotopic (exact) mass is 137 g/mol. The van der Waals surface area contributed by atoms with Crippen LogP contribution in [0.1, 0.15) is 18.3 Å². The summed E-state index contributed by atoms with van der Waals surface area (Å²) < 4.78 is 0. The molecular formula is C7H11N3. The quantitative estimate of drug-likeness (QED) is 0.626. The van der Waals surface area contributed by atoms with Crippen molar-refractivity contribution in [3.05, 3.63) is 17.6 Å². The Bertz CT molecular complexity index is 232. The molecular weight excluding hydrogens is 126 g/mol. The maximum Gasteiger partial charge on any atom is 0.130 e. The van der Waals surface area contributed by atoms with Gasteiger partial charge in [0, 0.05) is 18.2 Å². The number of rotatable bonds is 1. The standard InChI is InChI=1S/C7H11N3/c1-3-6-9-4-5(2)7(8)10-6/h4H,3H2,1-2H3,(H2,8,9,10). The van der Waals surface area contributed by atoms with E-state index in [-0.39, 0.29) is 0 Å². The van der Waals surface area contributed by atoms with Crippen LogP contribution in [0.5, 0.6) is 0 Å². The van der Waals surface area contributed by atoms with Crippen molar-refractivity contribution < 1.29 is 0 Å². The van der Waals surface area contributed by atoms with E-state index in [0.717, 1.165) is 17.8 Å². The number of nitrogens with zero attached hydrogens (tertiary/aromatic N) is 2. The van der Waals surface area contributed by atoms with Crippen molar-refractivity contribution in [2.24, 2.45) is 0 Å². The average molecular weight is 137 g/mol. The van der Waals surface area contributed by atoms with Gasteiger partial charge in [0.05, 0.1) is 0 Å². The second-order valence-corrected chi connectivity index (χ2v) is 2.21. The topological polar surface area (TPSA) is 51.8 Å². The van der Waals surface area contributed by atoms with E-state index < -0.39 is 0 Å². The van der Waals surface area contributed by atoms with E-state index in [4.69, 9.17) is 5.73 Å². The van der Waals surface area contributed by atoms with Crippen LogP contribution < -0.4 is 5.73 Å². The van der Waals surface area contributed by atoms with Crippen LogP contribution in [0.25, 0.3) is 0 Å². The van der Waals surface area contributed by atoms with Crippen molar-refractivity contribution in [3.63, 3.8) is 0 Å². The Hall–Kier alpha value is -1.12. The molecule has 0 radical (unpaired) electrons. The van der Waals surface area contributed by atoms with Crippen molar-refractivity contribution in [2.45, 2.75) is 20.3 Å². The number of anilines is 1. The Morgan fingerprint density at radius 1 is 1.60 bits per heavy atom. The molecule has 0 aliphatic heterocycles. The molecule has 1 rings (SSSR count). The van der Waals surface area contributed by atoms with Gasteiger partial charge in [0.15, 0.2) is 0 Å². The van der Waals surface area contributed by atoms with Gasteiger partial charge in [0.1, 0.15) is 11.6 Å². The molecule has 2 N–H and O–H groups in total. The highest BCUT2D eigenvalue weighted by Crippen LogP contribution is 2.04. The van der Waals surface area contributed by atoms with E-state index in [1.807, 2.05) is 13.8 Å². The Balaban J connectivity index is 3.04. The van der Waals surface area contributed by atoms with Gasteiger partial charge in [-0.15, -0.1) is 0 Å². The highest BCUT2D eigenvalue weighted by molar-refractivity contribution is 5.35. The number of aromatic nitrogens is 2. The molecule has 54 valence electrons. The second-order valence-electron chi connectivity index (χ2n) is 2.21. The smallest absolute Gasteiger partial charge is 0.130 e. The van der Waals surface area contributed by atoms with E-state index in [1.54, 1.807) is 6.20 Å². The van der Waals surface area contributed by atoms with Crippen molar-refractivity contribution >= 4 is 5.82 Å². The Morgan fingerprint density at radius 3 is 2.80 bits per heavy atom. The zero-order chi connectivity index (χ0) is 7.56. The third-order valence-electron chi connectivity index (χ3n) is 1.38. The van der Waals surface area contributed by atoms with Crippen molar-refractivity contribution in [1.82, 2.24) is 9.97 Å². The van der Waals surface area contributed by atoms with Crippen LogP contribution in [0.3, 0.4) is 0 Å². The molecule has 1 aromatic rings. The molecule has 0 atom stereocenters. The minimum atomic E-state index is 0.590. The van der Waals surface area contributed by atoms with Gasteiger partial charge < -0.3 is 5.73 Å². The van der Waals surface area contributed by atoms with Gasteiger partial charge >= 0.3 is 0 Å². The zero-order valence-corrected chi connectivity index (χ0v) is 6.26. The molecule has 3 nitrogen and oxygen atoms in total. The van der Waals surface area contributed by atoms with Crippen molar-refractivity contribution in [2.75, 3.05) is 5.73 Å². The summed E-state index contributed by atoms with van der Waals surface area (Å²) in [6.45, 7) is 3.90. The predicted octanol–water partition coefficient (Wildman–Crippen LogP) is 0.930. The van der Waals surface area contributed by atoms with Gasteiger partial charge in [-0.3, -0.25) is 0 Å². The number of aryl methyl sites for hydroxylation is 2. The molecule has 10 heavy (non-hydrogen) atoms. The lowest BCUT2D eigenvalue weighted by molar-refractivity contribution is 0.936. The number of nitrogens with two attached hydrogens (primary N) is 1. The van der Waals surface area contributed by atoms with E-state index in [1.165, 1.54) is 0 Å². The summed E-state index contributed by atoms with van der Waals surface area (Å²) in [5.41, 5.74) is 6.49. The first-order chi connectivity index (χ1) is 4.74. The molecule has 0 bridgehead atoms. The van der Waals surface area contributed by atoms with Gasteiger partial charge in [-0.2, -0.15) is 0 Å². The average Bonchev–Trinajstić information content (AvgIpc) is 1.95. The summed E-state index contributed by atoms with van der Waals surface area (Å²) in [6, 6.07) is 0. The molecule has 0 saturated carbocycles. The molecule has 0 fully saturated rings. The molecule has 0 saturated heterocycles. The fourth-order valence-corrected chi connectivity index (χ4v) is 0.664. The highest BCUT2D eigenvalue weighted by Gasteiger charge is 1.95. The Morgan fingerprint density at radius 2 is 2.30 bits per heavy atom. The molecule has 0 amide bonds. The maximum atomic E-state index is 5.55. The van der Waals surface area contributed by atoms with Crippen molar-refractivity contribution in [3.8, 4) is 0 Å². The summed E-state index contributed by atoms with van der Waals surface area (Å²) in [7, 11) is 0. The van der Waals surface area contributed by atoms with Crippen LogP contribution in [0, 0.1) is 6.92 Å². The fraction of sp³-hybridized carbons (Fsp3) is 0.429. The second kappa shape index (κ2) is 2.64. The Labute approximate surface area is 60.3 Å². The lowest BCUT2D eigenvalue weighted by atomic mass is 10.3. The van der Waals surface area contributed by atoms with E-state index in [9.17, 15) is 0 Å². The number of hydrogen-bond donors (Lipinski definition) is 1. The van der Waals surface area contributed by atoms with Crippen LogP contribution in [-0.2, 0) is 6.42 Å². The van der Waals surface area contributed by atoms with Crippen LogP contribution in [0.4, 0.5) is 5.82 Å². The minimum absolute atomic E-state index is 0.590. The van der Waals surface area contributed by atoms with E-state index >= 15 is 0 Å². The van der Waals surface area contributed by atoms with Crippen LogP contribution in [-0.4, -0.2) is 9.97 Å². The summed E-state index contributed by atoms with van der Waals surface area (Å²) in [6.07, 6.45) is 2.59. The third-order valence-corrected chi connectivity index (χ3v) is 1.38. The largest absolute Gasteiger partial charge is 0.383 e. The first kappa shape index (κ1) is 6.99. The van der Waals surface area contributed by atoms with Gasteiger partial charge in [-0.1, -0.05) is 6.92 Å². The first-order valence-corrected chi connectivity index (χ1v) is 3.32. The van der Waals surface area contributed by atoms with Crippen LogP contribution in [0.2, 0.25) is 0 Å². The van der Waals surface area contributed by atoms with Crippen LogP contribution in [0.15, 0.2) is 6.20 Å². The molecule has 0 unspecified atom stereocenters. The zero-order valence-electron chi connectivity index (χ0n) is 6.26. The number of hydrogen-bond acceptors (Lipinski definition) is 3. The van der Waals surface area contributed by atoms with E-state index in [2.05, 4.69) is 9.97 Å². The molecule has 0 aliphatic carbocycles. The lowest BCUT2D eigenvalue weighted by Crippen LogP contribution is -1.99. The summed E-state index contributed by atoms with van der Waals surface area (Å²) in [4.78, 5) is 8.12. The predicted molar refractivity (Wildman–Crippen MR) is 40.6 cm³/mol. The highest BCUT2D eigenvalue weighted by atomic mass is 14.9. The SMILES string of the molecule is CCc1ncc(C)c(N)n1. The van der Waals surface area contributed by atoms with Crippen LogP contribution >= 0.6 is 0 Å². The van der Waals surface area contributed by atoms with Crippen molar-refractivity contribution in [1.29, 1.82) is 0 Å². The third kappa shape index (κ3) is 1.23. The molecule has 0 aromatic carbocycles. The molecule has 0 spiro atoms. The summed E-state index contributed by atoms with van der Waals surface area (Å²) in [5, 5.41) is 0. The van der Waals surface area contributed by atoms with Gasteiger partial charge in [-0.25, -0.2) is 9.97 Å². The molecule has 3 heteroatoms. The molecule has 1 heterocycles. The van der Waals surface area contributed by atoms with E-state index in [0.29, 0.717) is 5.82 Å². The lowest BCUT2D eigenvalue weighted by Gasteiger charge is -1.98. The molecule has 1 aromatic heterocycles. The number of nitrogen functional groups attached to an aromatic ring is 1. The Kier molecular flexibility index (Phi) is 1.85. The van der Waals surface area contributed by atoms with Gasteiger partial charge in [-0.05, 0) is 6.92 Å². The summed E-state index contributed by atoms with van der Waals surface area (Å²) >= 11 is 0.